The molecule has 0 spiro atoms. The van der Waals surface area contributed by atoms with Gasteiger partial charge in [-0.3, -0.25) is 4.79 Å². The average molecular weight is 310 g/mol. The lowest BCUT2D eigenvalue weighted by Gasteiger charge is -2.44. The van der Waals surface area contributed by atoms with E-state index in [9.17, 15) is 4.79 Å². The van der Waals surface area contributed by atoms with E-state index in [4.69, 9.17) is 0 Å². The number of carbonyl (C=O) groups excluding carboxylic acids is 1. The predicted octanol–water partition coefficient (Wildman–Crippen LogP) is 1.67. The Morgan fingerprint density at radius 1 is 1.44 bits per heavy atom. The quantitative estimate of drug-likeness (QED) is 0.845. The molecule has 1 N–H and O–H groups in total. The van der Waals surface area contributed by atoms with Gasteiger partial charge in [0, 0.05) is 18.8 Å². The van der Waals surface area contributed by atoms with E-state index in [0.717, 1.165) is 6.54 Å². The number of nitrogens with zero attached hydrogens (tertiary/aromatic N) is 2. The second-order valence-electron chi connectivity index (χ2n) is 5.06. The van der Waals surface area contributed by atoms with Crippen molar-refractivity contribution in [1.82, 2.24) is 15.2 Å². The molecule has 4 nitrogen and oxygen atoms in total. The van der Waals surface area contributed by atoms with Crippen molar-refractivity contribution >= 4 is 21.8 Å². The fourth-order valence-electron chi connectivity index (χ4n) is 2.93. The Hall–Kier alpha value is -0.940. The van der Waals surface area contributed by atoms with Gasteiger partial charge in [-0.05, 0) is 59.9 Å². The van der Waals surface area contributed by atoms with Gasteiger partial charge in [-0.15, -0.1) is 0 Å². The molecule has 3 aliphatic heterocycles. The van der Waals surface area contributed by atoms with Crippen LogP contribution in [0, 0.1) is 5.92 Å². The van der Waals surface area contributed by atoms with Gasteiger partial charge in [-0.25, -0.2) is 4.98 Å². The molecule has 1 aromatic rings. The zero-order chi connectivity index (χ0) is 12.5. The Labute approximate surface area is 115 Å². The Morgan fingerprint density at radius 3 is 2.83 bits per heavy atom. The first-order valence-electron chi connectivity index (χ1n) is 6.38. The summed E-state index contributed by atoms with van der Waals surface area (Å²) in [5.74, 6) is 0.628. The SMILES string of the molecule is O=C(NC1CN2CCC1CC2)c1cccnc1Br. The fraction of sp³-hybridized carbons (Fsp3) is 0.538. The van der Waals surface area contributed by atoms with Gasteiger partial charge in [0.25, 0.3) is 5.91 Å². The maximum absolute atomic E-state index is 12.2. The number of rotatable bonds is 2. The highest BCUT2D eigenvalue weighted by Crippen LogP contribution is 2.27. The first-order chi connectivity index (χ1) is 8.74. The van der Waals surface area contributed by atoms with Crippen molar-refractivity contribution in [2.75, 3.05) is 19.6 Å². The summed E-state index contributed by atoms with van der Waals surface area (Å²) in [5, 5.41) is 3.16. The van der Waals surface area contributed by atoms with Crippen LogP contribution in [0.3, 0.4) is 0 Å². The van der Waals surface area contributed by atoms with E-state index in [1.54, 1.807) is 18.3 Å². The number of amides is 1. The Morgan fingerprint density at radius 2 is 2.22 bits per heavy atom. The highest BCUT2D eigenvalue weighted by atomic mass is 79.9. The van der Waals surface area contributed by atoms with Crippen molar-refractivity contribution in [3.8, 4) is 0 Å². The molecule has 3 aliphatic rings. The molecule has 0 saturated carbocycles. The first kappa shape index (κ1) is 12.1. The zero-order valence-corrected chi connectivity index (χ0v) is 11.7. The second-order valence-corrected chi connectivity index (χ2v) is 5.81. The molecule has 0 aliphatic carbocycles. The summed E-state index contributed by atoms with van der Waals surface area (Å²) in [5.41, 5.74) is 0.619. The number of piperidine rings is 3. The summed E-state index contributed by atoms with van der Waals surface area (Å²) in [6.07, 6.45) is 4.09. The molecule has 1 unspecified atom stereocenters. The molecule has 4 heterocycles. The third kappa shape index (κ3) is 2.29. The van der Waals surface area contributed by atoms with Crippen molar-refractivity contribution in [2.45, 2.75) is 18.9 Å². The molecular formula is C13H16BrN3O. The lowest BCUT2D eigenvalue weighted by molar-refractivity contribution is 0.0620. The molecule has 1 atom stereocenters. The van der Waals surface area contributed by atoms with E-state index >= 15 is 0 Å². The minimum atomic E-state index is -0.0197. The molecule has 18 heavy (non-hydrogen) atoms. The average Bonchev–Trinajstić information content (AvgIpc) is 2.40. The van der Waals surface area contributed by atoms with Crippen molar-refractivity contribution in [2.24, 2.45) is 5.92 Å². The summed E-state index contributed by atoms with van der Waals surface area (Å²) in [6.45, 7) is 3.37. The van der Waals surface area contributed by atoms with Crippen LogP contribution in [0.4, 0.5) is 0 Å². The maximum atomic E-state index is 12.2. The van der Waals surface area contributed by atoms with Gasteiger partial charge in [0.05, 0.1) is 5.56 Å². The molecule has 4 rings (SSSR count). The minimum Gasteiger partial charge on any atom is -0.348 e. The number of fused-ring (bicyclic) bond motifs is 3. The third-order valence-corrected chi connectivity index (χ3v) is 4.61. The van der Waals surface area contributed by atoms with Crippen molar-refractivity contribution in [3.63, 3.8) is 0 Å². The standard InChI is InChI=1S/C13H16BrN3O/c14-12-10(2-1-5-15-12)13(18)16-11-8-17-6-3-9(11)4-7-17/h1-2,5,9,11H,3-4,6-8H2,(H,16,18). The monoisotopic (exact) mass is 309 g/mol. The van der Waals surface area contributed by atoms with E-state index in [0.29, 0.717) is 22.1 Å². The second kappa shape index (κ2) is 4.97. The summed E-state index contributed by atoms with van der Waals surface area (Å²) >= 11 is 3.32. The van der Waals surface area contributed by atoms with Gasteiger partial charge < -0.3 is 10.2 Å². The van der Waals surface area contributed by atoms with Crippen molar-refractivity contribution < 1.29 is 4.79 Å². The number of halogens is 1. The summed E-state index contributed by atoms with van der Waals surface area (Å²) in [6, 6.07) is 3.89. The van der Waals surface area contributed by atoms with E-state index in [-0.39, 0.29) is 5.91 Å². The van der Waals surface area contributed by atoms with Crippen LogP contribution in [-0.2, 0) is 0 Å². The predicted molar refractivity (Wildman–Crippen MR) is 72.4 cm³/mol. The Balaban J connectivity index is 1.70. The van der Waals surface area contributed by atoms with Gasteiger partial charge in [-0.1, -0.05) is 0 Å². The van der Waals surface area contributed by atoms with Crippen LogP contribution in [-0.4, -0.2) is 41.5 Å². The van der Waals surface area contributed by atoms with Crippen LogP contribution in [0.2, 0.25) is 0 Å². The first-order valence-corrected chi connectivity index (χ1v) is 7.17. The topological polar surface area (TPSA) is 45.2 Å². The van der Waals surface area contributed by atoms with Gasteiger partial charge in [-0.2, -0.15) is 0 Å². The highest BCUT2D eigenvalue weighted by molar-refractivity contribution is 9.10. The number of hydrogen-bond donors (Lipinski definition) is 1. The molecule has 3 saturated heterocycles. The van der Waals surface area contributed by atoms with E-state index in [1.165, 1.54) is 25.9 Å². The van der Waals surface area contributed by atoms with Crippen molar-refractivity contribution in [3.05, 3.63) is 28.5 Å². The smallest absolute Gasteiger partial charge is 0.254 e. The molecule has 96 valence electrons. The zero-order valence-electron chi connectivity index (χ0n) is 10.1. The number of carbonyl (C=O) groups is 1. The van der Waals surface area contributed by atoms with Crippen LogP contribution in [0.1, 0.15) is 23.2 Å². The lowest BCUT2D eigenvalue weighted by atomic mass is 9.84. The third-order valence-electron chi connectivity index (χ3n) is 3.98. The minimum absolute atomic E-state index is 0.0197. The maximum Gasteiger partial charge on any atom is 0.254 e. The van der Waals surface area contributed by atoms with Crippen molar-refractivity contribution in [1.29, 1.82) is 0 Å². The molecule has 1 amide bonds. The summed E-state index contributed by atoms with van der Waals surface area (Å²) in [7, 11) is 0. The lowest BCUT2D eigenvalue weighted by Crippen LogP contribution is -2.57. The van der Waals surface area contributed by atoms with Crippen LogP contribution >= 0.6 is 15.9 Å². The molecule has 1 aromatic heterocycles. The normalized spacial score (nSPS) is 30.2. The van der Waals surface area contributed by atoms with E-state index in [2.05, 4.69) is 31.1 Å². The van der Waals surface area contributed by atoms with E-state index < -0.39 is 0 Å². The number of aromatic nitrogens is 1. The van der Waals surface area contributed by atoms with Crippen LogP contribution < -0.4 is 5.32 Å². The molecule has 0 radical (unpaired) electrons. The van der Waals surface area contributed by atoms with Crippen LogP contribution in [0.25, 0.3) is 0 Å². The molecular weight excluding hydrogens is 294 g/mol. The van der Waals surface area contributed by atoms with Gasteiger partial charge >= 0.3 is 0 Å². The number of nitrogens with one attached hydrogen (secondary N) is 1. The summed E-state index contributed by atoms with van der Waals surface area (Å²) < 4.78 is 0.615. The van der Waals surface area contributed by atoms with Crippen LogP contribution in [0.15, 0.2) is 22.9 Å². The largest absolute Gasteiger partial charge is 0.348 e. The highest BCUT2D eigenvalue weighted by Gasteiger charge is 2.35. The molecule has 0 aromatic carbocycles. The Kier molecular flexibility index (Phi) is 3.35. The van der Waals surface area contributed by atoms with Gasteiger partial charge in [0.1, 0.15) is 4.60 Å². The van der Waals surface area contributed by atoms with Gasteiger partial charge in [0.15, 0.2) is 0 Å². The molecule has 3 fully saturated rings. The number of pyridine rings is 1. The number of hydrogen-bond acceptors (Lipinski definition) is 3. The molecule has 5 heteroatoms. The fourth-order valence-corrected chi connectivity index (χ4v) is 3.36. The van der Waals surface area contributed by atoms with E-state index in [1.807, 2.05) is 0 Å². The van der Waals surface area contributed by atoms with Gasteiger partial charge in [0.2, 0.25) is 0 Å². The Bertz CT molecular complexity index is 457. The molecule has 2 bridgehead atoms. The summed E-state index contributed by atoms with van der Waals surface area (Å²) in [4.78, 5) is 18.7. The van der Waals surface area contributed by atoms with Crippen LogP contribution in [0.5, 0.6) is 0 Å².